The first-order valence-corrected chi connectivity index (χ1v) is 6.35. The Kier molecular flexibility index (Phi) is 5.64. The first-order chi connectivity index (χ1) is 9.40. The van der Waals surface area contributed by atoms with E-state index in [0.717, 1.165) is 18.6 Å². The molecule has 0 saturated heterocycles. The Bertz CT molecular complexity index is 505. The highest BCUT2D eigenvalue weighted by molar-refractivity contribution is 6.02. The minimum atomic E-state index is -0.728. The Balaban J connectivity index is 2.99. The Hall–Kier alpha value is -1.95. The monoisotopic (exact) mass is 282 g/mol. The van der Waals surface area contributed by atoms with Crippen LogP contribution in [0.4, 0.5) is 10.1 Å². The van der Waals surface area contributed by atoms with Gasteiger partial charge in [-0.15, -0.1) is 0 Å². The lowest BCUT2D eigenvalue weighted by Crippen LogP contribution is -2.40. The number of nitrogens with two attached hydrogens (primary N) is 1. The van der Waals surface area contributed by atoms with Crippen LogP contribution >= 0.6 is 0 Å². The fraction of sp³-hybridized carbons (Fsp3) is 0.429. The molecule has 2 unspecified atom stereocenters. The van der Waals surface area contributed by atoms with Gasteiger partial charge in [-0.05, 0) is 24.1 Å². The fourth-order valence-corrected chi connectivity index (χ4v) is 1.64. The molecule has 20 heavy (non-hydrogen) atoms. The molecule has 3 N–H and O–H groups in total. The van der Waals surface area contributed by atoms with Gasteiger partial charge >= 0.3 is 5.97 Å². The molecule has 1 aromatic carbocycles. The predicted molar refractivity (Wildman–Crippen MR) is 73.8 cm³/mol. The SMILES string of the molecule is CCC(C)C(N)C(=O)Nc1cc(F)ccc1C(=O)OC. The minimum absolute atomic E-state index is 0.0230. The molecule has 2 atom stereocenters. The van der Waals surface area contributed by atoms with E-state index in [-0.39, 0.29) is 17.2 Å². The number of esters is 1. The Labute approximate surface area is 117 Å². The van der Waals surface area contributed by atoms with Gasteiger partial charge in [0.25, 0.3) is 0 Å². The lowest BCUT2D eigenvalue weighted by molar-refractivity contribution is -0.118. The van der Waals surface area contributed by atoms with Crippen molar-refractivity contribution in [2.24, 2.45) is 11.7 Å². The zero-order valence-electron chi connectivity index (χ0n) is 11.8. The molecule has 6 heteroatoms. The summed E-state index contributed by atoms with van der Waals surface area (Å²) in [6, 6.07) is 2.71. The molecule has 0 bridgehead atoms. The maximum Gasteiger partial charge on any atom is 0.339 e. The molecule has 0 spiro atoms. The van der Waals surface area contributed by atoms with E-state index in [1.807, 2.05) is 13.8 Å². The summed E-state index contributed by atoms with van der Waals surface area (Å²) < 4.78 is 17.8. The fourth-order valence-electron chi connectivity index (χ4n) is 1.64. The predicted octanol–water partition coefficient (Wildman–Crippen LogP) is 1.92. The molecule has 0 aliphatic heterocycles. The second-order valence-corrected chi connectivity index (χ2v) is 4.58. The third-order valence-electron chi connectivity index (χ3n) is 3.20. The zero-order valence-corrected chi connectivity index (χ0v) is 11.8. The maximum atomic E-state index is 13.3. The Morgan fingerprint density at radius 2 is 2.10 bits per heavy atom. The van der Waals surface area contributed by atoms with Gasteiger partial charge in [0.05, 0.1) is 24.4 Å². The average molecular weight is 282 g/mol. The van der Waals surface area contributed by atoms with Gasteiger partial charge in [-0.3, -0.25) is 4.79 Å². The smallest absolute Gasteiger partial charge is 0.339 e. The molecule has 1 amide bonds. The summed E-state index contributed by atoms with van der Waals surface area (Å²) in [6.07, 6.45) is 0.738. The number of carbonyl (C=O) groups is 2. The molecule has 0 aliphatic carbocycles. The van der Waals surface area contributed by atoms with Crippen LogP contribution in [-0.4, -0.2) is 25.0 Å². The van der Waals surface area contributed by atoms with Crippen LogP contribution in [-0.2, 0) is 9.53 Å². The van der Waals surface area contributed by atoms with Crippen molar-refractivity contribution in [2.45, 2.75) is 26.3 Å². The summed E-state index contributed by atoms with van der Waals surface area (Å²) in [5, 5.41) is 2.48. The van der Waals surface area contributed by atoms with Crippen molar-refractivity contribution in [3.05, 3.63) is 29.6 Å². The number of carbonyl (C=O) groups excluding carboxylic acids is 2. The summed E-state index contributed by atoms with van der Waals surface area (Å²) >= 11 is 0. The highest BCUT2D eigenvalue weighted by Gasteiger charge is 2.22. The number of methoxy groups -OCH3 is 1. The number of amides is 1. The molecule has 110 valence electrons. The molecule has 0 heterocycles. The highest BCUT2D eigenvalue weighted by Crippen LogP contribution is 2.19. The summed E-state index contributed by atoms with van der Waals surface area (Å²) in [7, 11) is 1.21. The topological polar surface area (TPSA) is 81.4 Å². The van der Waals surface area contributed by atoms with Crippen LogP contribution in [0.3, 0.4) is 0 Å². The third kappa shape index (κ3) is 3.77. The van der Waals surface area contributed by atoms with E-state index in [1.54, 1.807) is 0 Å². The normalized spacial score (nSPS) is 13.4. The molecule has 1 rings (SSSR count). The Morgan fingerprint density at radius 1 is 1.45 bits per heavy atom. The second-order valence-electron chi connectivity index (χ2n) is 4.58. The van der Waals surface area contributed by atoms with E-state index in [1.165, 1.54) is 13.2 Å². The van der Waals surface area contributed by atoms with Crippen molar-refractivity contribution in [3.63, 3.8) is 0 Å². The van der Waals surface area contributed by atoms with Crippen LogP contribution in [0, 0.1) is 11.7 Å². The van der Waals surface area contributed by atoms with Crippen LogP contribution in [0.15, 0.2) is 18.2 Å². The molecular weight excluding hydrogens is 263 g/mol. The van der Waals surface area contributed by atoms with Gasteiger partial charge in [-0.2, -0.15) is 0 Å². The molecule has 1 aromatic rings. The third-order valence-corrected chi connectivity index (χ3v) is 3.20. The quantitative estimate of drug-likeness (QED) is 0.808. The lowest BCUT2D eigenvalue weighted by atomic mass is 9.99. The first kappa shape index (κ1) is 16.1. The largest absolute Gasteiger partial charge is 0.465 e. The number of halogens is 1. The molecule has 0 fully saturated rings. The number of ether oxygens (including phenoxy) is 1. The highest BCUT2D eigenvalue weighted by atomic mass is 19.1. The summed E-state index contributed by atoms with van der Waals surface area (Å²) in [5.74, 6) is -1.71. The van der Waals surface area contributed by atoms with Crippen LogP contribution in [0.2, 0.25) is 0 Å². The molecule has 5 nitrogen and oxygen atoms in total. The van der Waals surface area contributed by atoms with Crippen molar-refractivity contribution in [3.8, 4) is 0 Å². The second kappa shape index (κ2) is 7.00. The van der Waals surface area contributed by atoms with Crippen molar-refractivity contribution in [1.82, 2.24) is 0 Å². The number of hydrogen-bond acceptors (Lipinski definition) is 4. The van der Waals surface area contributed by atoms with Crippen LogP contribution in [0.1, 0.15) is 30.6 Å². The van der Waals surface area contributed by atoms with Crippen molar-refractivity contribution >= 4 is 17.6 Å². The number of rotatable bonds is 5. The molecule has 0 aromatic heterocycles. The van der Waals surface area contributed by atoms with Crippen molar-refractivity contribution in [2.75, 3.05) is 12.4 Å². The first-order valence-electron chi connectivity index (χ1n) is 6.35. The summed E-state index contributed by atoms with van der Waals surface area (Å²) in [5.41, 5.74) is 5.93. The zero-order chi connectivity index (χ0) is 15.3. The van der Waals surface area contributed by atoms with Crippen molar-refractivity contribution in [1.29, 1.82) is 0 Å². The number of anilines is 1. The van der Waals surface area contributed by atoms with Crippen molar-refractivity contribution < 1.29 is 18.7 Å². The molecule has 0 radical (unpaired) electrons. The molecule has 0 saturated carbocycles. The van der Waals surface area contributed by atoms with E-state index in [2.05, 4.69) is 10.1 Å². The van der Waals surface area contributed by atoms with E-state index >= 15 is 0 Å². The van der Waals surface area contributed by atoms with E-state index in [0.29, 0.717) is 0 Å². The van der Waals surface area contributed by atoms with E-state index in [9.17, 15) is 14.0 Å². The van der Waals surface area contributed by atoms with Gasteiger partial charge in [-0.1, -0.05) is 20.3 Å². The van der Waals surface area contributed by atoms with Gasteiger partial charge in [0.1, 0.15) is 5.82 Å². The molecule has 0 aliphatic rings. The standard InChI is InChI=1S/C14H19FN2O3/c1-4-8(2)12(16)13(18)17-11-7-9(15)5-6-10(11)14(19)20-3/h5-8,12H,4,16H2,1-3H3,(H,17,18). The summed E-state index contributed by atoms with van der Waals surface area (Å²) in [4.78, 5) is 23.5. The summed E-state index contributed by atoms with van der Waals surface area (Å²) in [6.45, 7) is 3.76. The minimum Gasteiger partial charge on any atom is -0.465 e. The Morgan fingerprint density at radius 3 is 2.65 bits per heavy atom. The number of hydrogen-bond donors (Lipinski definition) is 2. The van der Waals surface area contributed by atoms with Gasteiger partial charge in [0.2, 0.25) is 5.91 Å². The van der Waals surface area contributed by atoms with Gasteiger partial charge in [0, 0.05) is 0 Å². The number of nitrogens with one attached hydrogen (secondary N) is 1. The van der Waals surface area contributed by atoms with Gasteiger partial charge in [0.15, 0.2) is 0 Å². The van der Waals surface area contributed by atoms with Crippen LogP contribution < -0.4 is 11.1 Å². The van der Waals surface area contributed by atoms with Gasteiger partial charge in [-0.25, -0.2) is 9.18 Å². The lowest BCUT2D eigenvalue weighted by Gasteiger charge is -2.18. The van der Waals surface area contributed by atoms with Crippen LogP contribution in [0.5, 0.6) is 0 Å². The van der Waals surface area contributed by atoms with E-state index in [4.69, 9.17) is 5.73 Å². The molecular formula is C14H19FN2O3. The number of benzene rings is 1. The maximum absolute atomic E-state index is 13.3. The van der Waals surface area contributed by atoms with Gasteiger partial charge < -0.3 is 15.8 Å². The average Bonchev–Trinajstić information content (AvgIpc) is 2.44. The van der Waals surface area contributed by atoms with Crippen LogP contribution in [0.25, 0.3) is 0 Å². The van der Waals surface area contributed by atoms with E-state index < -0.39 is 23.7 Å².